The average molecular weight is 1360 g/mol. The van der Waals surface area contributed by atoms with Gasteiger partial charge in [-0.3, -0.25) is 9.69 Å². The van der Waals surface area contributed by atoms with Crippen LogP contribution in [0.1, 0.15) is 153 Å². The number of ketones is 1. The van der Waals surface area contributed by atoms with Crippen LogP contribution in [0.25, 0.3) is 0 Å². The lowest BCUT2D eigenvalue weighted by atomic mass is 9.74. The summed E-state index contributed by atoms with van der Waals surface area (Å²) in [6.07, 6.45) is 3.27. The second kappa shape index (κ2) is 28.8. The smallest absolute Gasteiger partial charge is 0.412 e. The van der Waals surface area contributed by atoms with Crippen molar-refractivity contribution in [1.82, 2.24) is 4.90 Å². The van der Waals surface area contributed by atoms with E-state index in [0.29, 0.717) is 57.9 Å². The summed E-state index contributed by atoms with van der Waals surface area (Å²) in [6.45, 7) is 29.8. The molecule has 12 rings (SSSR count). The van der Waals surface area contributed by atoms with Crippen molar-refractivity contribution in [3.8, 4) is 0 Å². The van der Waals surface area contributed by atoms with Gasteiger partial charge in [0.25, 0.3) is 16.6 Å². The van der Waals surface area contributed by atoms with Gasteiger partial charge in [-0.25, -0.2) is 4.79 Å². The number of nitrogens with zero attached hydrogens (tertiary/aromatic N) is 1. The molecule has 526 valence electrons. The molecule has 8 heterocycles. The van der Waals surface area contributed by atoms with Crippen molar-refractivity contribution in [2.75, 3.05) is 13.7 Å². The largest absolute Gasteiger partial charge is 0.444 e. The van der Waals surface area contributed by atoms with Crippen LogP contribution in [0, 0.1) is 23.7 Å². The number of amides is 1. The number of aliphatic hydroxyl groups is 1. The molecule has 8 bridgehead atoms. The van der Waals surface area contributed by atoms with Gasteiger partial charge in [0, 0.05) is 63.4 Å². The molecule has 8 aliphatic rings. The van der Waals surface area contributed by atoms with Crippen LogP contribution < -0.4 is 20.7 Å². The zero-order chi connectivity index (χ0) is 69.0. The molecule has 15 nitrogen and oxygen atoms in total. The fraction of sp³-hybridized carbons (Fsp3) is 0.600. The lowest BCUT2D eigenvalue weighted by Crippen LogP contribution is -2.67. The summed E-state index contributed by atoms with van der Waals surface area (Å²) in [5.74, 6) is -0.829. The molecule has 4 aromatic carbocycles. The van der Waals surface area contributed by atoms with Gasteiger partial charge < -0.3 is 57.3 Å². The van der Waals surface area contributed by atoms with Gasteiger partial charge in [0.1, 0.15) is 17.1 Å². The van der Waals surface area contributed by atoms with Crippen LogP contribution in [0.3, 0.4) is 0 Å². The van der Waals surface area contributed by atoms with E-state index in [-0.39, 0.29) is 73.1 Å². The normalized spacial score (nSPS) is 34.9. The third kappa shape index (κ3) is 14.9. The van der Waals surface area contributed by atoms with Gasteiger partial charge in [-0.05, 0) is 127 Å². The van der Waals surface area contributed by atoms with Crippen molar-refractivity contribution in [2.24, 2.45) is 23.7 Å². The predicted molar refractivity (Wildman–Crippen MR) is 381 cm³/mol. The minimum absolute atomic E-state index is 0.0331. The SMILES string of the molecule is C=C1C2C[C@@H]3O[C@H](C[C@H]4CN(C(=O)OC(C)(C)C)C(C)(C)O4)[C@H](OC)[C@H]3CC(=O)CC3CC[C@@H]4O[C@H]5[C@@H](CC(C)(C)[Si](O)(c6ccccc6)c6ccccc6)[C@@H](CC(O)/C=C/C6CC(=C)[C@H](CC[C@@H](C[C@H]1C)O2)O6)O[C@H]5[C@@H](CC(C)(C)[Si](O)(c1ccccc1)c1ccccc1)[C@H]4O3. The highest BCUT2D eigenvalue weighted by atomic mass is 28.4. The van der Waals surface area contributed by atoms with E-state index < -0.39 is 111 Å². The molecular weight excluding hydrogens is 1260 g/mol. The van der Waals surface area contributed by atoms with Crippen LogP contribution in [0.4, 0.5) is 4.79 Å². The number of benzene rings is 4. The summed E-state index contributed by atoms with van der Waals surface area (Å²) in [7, 11) is -5.58. The topological polar surface area (TPSA) is 181 Å². The lowest BCUT2D eigenvalue weighted by molar-refractivity contribution is -0.242. The number of rotatable bonds is 13. The van der Waals surface area contributed by atoms with E-state index in [1.165, 1.54) is 0 Å². The zero-order valence-corrected chi connectivity index (χ0v) is 61.3. The number of ether oxygens (including phenoxy) is 9. The van der Waals surface area contributed by atoms with Crippen molar-refractivity contribution >= 4 is 49.3 Å². The van der Waals surface area contributed by atoms with Crippen molar-refractivity contribution in [3.63, 3.8) is 0 Å². The Morgan fingerprint density at radius 2 is 1.16 bits per heavy atom. The first-order valence-corrected chi connectivity index (χ1v) is 40.0. The number of hydrogen-bond acceptors (Lipinski definition) is 14. The molecule has 0 spiro atoms. The molecule has 0 saturated carbocycles. The first-order valence-electron chi connectivity index (χ1n) is 36.1. The summed E-state index contributed by atoms with van der Waals surface area (Å²) in [5, 5.41) is 14.6. The highest BCUT2D eigenvalue weighted by Gasteiger charge is 2.63. The summed E-state index contributed by atoms with van der Waals surface area (Å²) < 4.78 is 62.9. The molecule has 4 unspecified atom stereocenters. The van der Waals surface area contributed by atoms with Crippen LogP contribution in [-0.4, -0.2) is 165 Å². The molecule has 7 saturated heterocycles. The summed E-state index contributed by atoms with van der Waals surface area (Å²) in [5.41, 5.74) is 0.374. The predicted octanol–water partition coefficient (Wildman–Crippen LogP) is 11.2. The summed E-state index contributed by atoms with van der Waals surface area (Å²) in [6, 6.07) is 40.5. The van der Waals surface area contributed by atoms with E-state index >= 15 is 4.79 Å². The second-order valence-corrected chi connectivity index (χ2v) is 40.3. The van der Waals surface area contributed by atoms with Gasteiger partial charge in [-0.1, -0.05) is 181 Å². The van der Waals surface area contributed by atoms with Gasteiger partial charge in [-0.15, -0.1) is 0 Å². The Hall–Kier alpha value is -4.97. The molecular formula is C80H109NO14Si2. The third-order valence-corrected chi connectivity index (χ3v) is 32.3. The minimum atomic E-state index is -3.66. The molecule has 0 radical (unpaired) electrons. The lowest BCUT2D eigenvalue weighted by Gasteiger charge is -2.52. The number of fused-ring (bicyclic) bond motifs is 7. The highest BCUT2D eigenvalue weighted by molar-refractivity contribution is 6.99. The van der Waals surface area contributed by atoms with Crippen LogP contribution >= 0.6 is 0 Å². The maximum absolute atomic E-state index is 15.4. The molecule has 8 aliphatic heterocycles. The number of hydrogen-bond donors (Lipinski definition) is 3. The van der Waals surface area contributed by atoms with E-state index in [2.05, 4.69) is 96.3 Å². The zero-order valence-electron chi connectivity index (χ0n) is 59.3. The number of aliphatic hydroxyl groups excluding tert-OH is 1. The Morgan fingerprint density at radius 1 is 0.619 bits per heavy atom. The fourth-order valence-corrected chi connectivity index (χ4v) is 26.0. The second-order valence-electron chi connectivity index (χ2n) is 32.5. The van der Waals surface area contributed by atoms with Crippen LogP contribution in [-0.2, 0) is 47.4 Å². The molecule has 0 aliphatic carbocycles. The standard InChI is InChI=1S/C80H109NO14Si2/c1-50-40-56-36-38-66-51(2)41-55(88-66)35-34-53(82)44-69-64(47-78(7,8)96(85,59-26-18-14-19-27-59)60-28-20-15-21-29-60)74-75(93-69)65(48-79(9,10)97(86,61-30-22-16-23-31-61)62-32-24-17-25-33-62)73-67(92-74)39-37-57(90-73)42-54(83)43-63-70(46-68(89-56)52(50)3)91-71(72(63)87-13)45-58-49-81(80(11,12)94-58)76(84)95-77(4,5)6/h14-35,50,53,55-58,63-75,82,85-86H,2-3,36-49H2,1,4-13H3/b35-34+/t50-,53?,55?,56+,57?,58+,63+,64+,65+,66+,67+,68?,69-,70+,71-,72-,73-,74+,75+/m1/s1. The molecule has 1 amide bonds. The van der Waals surface area contributed by atoms with E-state index in [9.17, 15) is 19.5 Å². The summed E-state index contributed by atoms with van der Waals surface area (Å²) in [4.78, 5) is 58.5. The van der Waals surface area contributed by atoms with Crippen LogP contribution in [0.2, 0.25) is 10.1 Å². The molecule has 3 N–H and O–H groups in total. The minimum Gasteiger partial charge on any atom is -0.444 e. The first kappa shape index (κ1) is 71.8. The van der Waals surface area contributed by atoms with E-state index in [0.717, 1.165) is 44.7 Å². The number of carbonyl (C=O) groups is 2. The van der Waals surface area contributed by atoms with Crippen LogP contribution in [0.15, 0.2) is 158 Å². The Balaban J connectivity index is 0.912. The number of Topliss-reactive ketones (excluding diaryl/α,β-unsaturated/α-hetero) is 1. The van der Waals surface area contributed by atoms with Crippen molar-refractivity contribution in [3.05, 3.63) is 158 Å². The quantitative estimate of drug-likeness (QED) is 0.0849. The van der Waals surface area contributed by atoms with E-state index in [1.807, 2.05) is 120 Å². The number of carbonyl (C=O) groups excluding carboxylic acids is 2. The van der Waals surface area contributed by atoms with Gasteiger partial charge in [0.15, 0.2) is 0 Å². The average Bonchev–Trinajstić information content (AvgIpc) is 1.72. The molecule has 4 aromatic rings. The maximum atomic E-state index is 15.4. The maximum Gasteiger partial charge on any atom is 0.412 e. The van der Waals surface area contributed by atoms with E-state index in [4.69, 9.17) is 42.6 Å². The number of methoxy groups -OCH3 is 1. The molecule has 7 fully saturated rings. The molecule has 17 heteroatoms. The summed E-state index contributed by atoms with van der Waals surface area (Å²) >= 11 is 0. The Morgan fingerprint density at radius 3 is 1.73 bits per heavy atom. The molecule has 19 atom stereocenters. The van der Waals surface area contributed by atoms with Crippen LogP contribution in [0.5, 0.6) is 0 Å². The third-order valence-electron chi connectivity index (χ3n) is 23.3. The fourth-order valence-electron chi connectivity index (χ4n) is 18.4. The van der Waals surface area contributed by atoms with Crippen molar-refractivity contribution < 1.29 is 66.9 Å². The molecule has 0 aromatic heterocycles. The monoisotopic (exact) mass is 1360 g/mol. The Labute approximate surface area is 578 Å². The molecule has 97 heavy (non-hydrogen) atoms. The van der Waals surface area contributed by atoms with Crippen molar-refractivity contribution in [1.29, 1.82) is 0 Å². The van der Waals surface area contributed by atoms with E-state index in [1.54, 1.807) is 12.0 Å². The van der Waals surface area contributed by atoms with Gasteiger partial charge in [0.05, 0.1) is 98.1 Å². The highest BCUT2D eigenvalue weighted by Crippen LogP contribution is 2.56. The van der Waals surface area contributed by atoms with Gasteiger partial charge in [-0.2, -0.15) is 0 Å². The Bertz CT molecular complexity index is 3320. The Kier molecular flexibility index (Phi) is 21.3. The van der Waals surface area contributed by atoms with Gasteiger partial charge >= 0.3 is 6.09 Å². The first-order chi connectivity index (χ1) is 46.0. The van der Waals surface area contributed by atoms with Gasteiger partial charge in [0.2, 0.25) is 0 Å². The van der Waals surface area contributed by atoms with Crippen molar-refractivity contribution in [2.45, 2.75) is 266 Å².